The molecule has 0 radical (unpaired) electrons. The lowest BCUT2D eigenvalue weighted by atomic mass is 10.3. The Bertz CT molecular complexity index is 652. The molecule has 1 unspecified atom stereocenters. The third-order valence-corrected chi connectivity index (χ3v) is 3.92. The second kappa shape index (κ2) is 6.87. The van der Waals surface area contributed by atoms with E-state index in [2.05, 4.69) is 10.3 Å². The summed E-state index contributed by atoms with van der Waals surface area (Å²) in [5.41, 5.74) is 0. The van der Waals surface area contributed by atoms with Crippen LogP contribution in [0.5, 0.6) is 0 Å². The van der Waals surface area contributed by atoms with Crippen LogP contribution in [-0.4, -0.2) is 16.1 Å². The Labute approximate surface area is 129 Å². The van der Waals surface area contributed by atoms with E-state index in [1.807, 2.05) is 0 Å². The molecule has 1 heterocycles. The number of hydrogen-bond acceptors (Lipinski definition) is 3. The van der Waals surface area contributed by atoms with Crippen molar-refractivity contribution in [1.82, 2.24) is 4.98 Å². The molecule has 0 saturated heterocycles. The van der Waals surface area contributed by atoms with Gasteiger partial charge in [0, 0.05) is 17.2 Å². The molecule has 21 heavy (non-hydrogen) atoms. The molecule has 1 aromatic heterocycles. The first-order valence-electron chi connectivity index (χ1n) is 6.00. The Morgan fingerprint density at radius 2 is 2.10 bits per heavy atom. The quantitative estimate of drug-likeness (QED) is 0.858. The van der Waals surface area contributed by atoms with E-state index in [-0.39, 0.29) is 10.8 Å². The van der Waals surface area contributed by atoms with Crippen LogP contribution in [0.1, 0.15) is 6.92 Å². The van der Waals surface area contributed by atoms with Crippen molar-refractivity contribution in [1.29, 1.82) is 0 Å². The van der Waals surface area contributed by atoms with Gasteiger partial charge in [-0.1, -0.05) is 11.6 Å². The molecule has 2 rings (SSSR count). The summed E-state index contributed by atoms with van der Waals surface area (Å²) >= 11 is 6.70. The summed E-state index contributed by atoms with van der Waals surface area (Å²) in [5.74, 6) is -1.32. The molecule has 0 aliphatic carbocycles. The van der Waals surface area contributed by atoms with Crippen molar-refractivity contribution in [3.63, 3.8) is 0 Å². The van der Waals surface area contributed by atoms with Gasteiger partial charge in [-0.2, -0.15) is 0 Å². The summed E-state index contributed by atoms with van der Waals surface area (Å²) in [6.45, 7) is 1.62. The topological polar surface area (TPSA) is 42.0 Å². The molecule has 1 aromatic carbocycles. The van der Waals surface area contributed by atoms with E-state index in [9.17, 15) is 13.6 Å². The molecule has 2 aromatic rings. The number of thioether (sulfide) groups is 1. The van der Waals surface area contributed by atoms with Crippen LogP contribution in [0.15, 0.2) is 41.4 Å². The number of aromatic nitrogens is 1. The third-order valence-electron chi connectivity index (χ3n) is 2.55. The van der Waals surface area contributed by atoms with Gasteiger partial charge in [-0.05, 0) is 31.2 Å². The molecule has 1 atom stereocenters. The van der Waals surface area contributed by atoms with E-state index >= 15 is 0 Å². The summed E-state index contributed by atoms with van der Waals surface area (Å²) in [7, 11) is 0. The van der Waals surface area contributed by atoms with Crippen LogP contribution in [-0.2, 0) is 4.79 Å². The van der Waals surface area contributed by atoms with Crippen molar-refractivity contribution in [2.24, 2.45) is 0 Å². The van der Waals surface area contributed by atoms with Gasteiger partial charge >= 0.3 is 0 Å². The Kier molecular flexibility index (Phi) is 5.14. The largest absolute Gasteiger partial charge is 0.310 e. The van der Waals surface area contributed by atoms with Crippen LogP contribution in [0.4, 0.5) is 14.6 Å². The summed E-state index contributed by atoms with van der Waals surface area (Å²) in [6, 6.07) is 6.40. The predicted molar refractivity (Wildman–Crippen MR) is 79.6 cm³/mol. The molecule has 0 aliphatic rings. The molecule has 1 N–H and O–H groups in total. The SMILES string of the molecule is CC(Sc1ccc(F)cc1F)C(=O)Nc1ccc(Cl)cn1. The lowest BCUT2D eigenvalue weighted by Crippen LogP contribution is -2.23. The summed E-state index contributed by atoms with van der Waals surface area (Å²) < 4.78 is 26.3. The monoisotopic (exact) mass is 328 g/mol. The highest BCUT2D eigenvalue weighted by atomic mass is 35.5. The van der Waals surface area contributed by atoms with Crippen molar-refractivity contribution in [3.05, 3.63) is 53.2 Å². The maximum absolute atomic E-state index is 13.5. The lowest BCUT2D eigenvalue weighted by molar-refractivity contribution is -0.115. The molecule has 0 fully saturated rings. The Morgan fingerprint density at radius 3 is 2.71 bits per heavy atom. The predicted octanol–water partition coefficient (Wildman–Crippen LogP) is 4.13. The zero-order valence-electron chi connectivity index (χ0n) is 10.9. The van der Waals surface area contributed by atoms with Crippen molar-refractivity contribution in [3.8, 4) is 0 Å². The Hall–Kier alpha value is -1.66. The summed E-state index contributed by atoms with van der Waals surface area (Å²) in [5, 5.41) is 2.49. The summed E-state index contributed by atoms with van der Waals surface area (Å²) in [4.78, 5) is 16.1. The Balaban J connectivity index is 2.00. The van der Waals surface area contributed by atoms with Gasteiger partial charge < -0.3 is 5.32 Å². The number of nitrogens with zero attached hydrogens (tertiary/aromatic N) is 1. The number of carbonyl (C=O) groups excluding carboxylic acids is 1. The summed E-state index contributed by atoms with van der Waals surface area (Å²) in [6.07, 6.45) is 1.41. The van der Waals surface area contributed by atoms with Crippen LogP contribution < -0.4 is 5.32 Å². The average Bonchev–Trinajstić information content (AvgIpc) is 2.44. The first-order chi connectivity index (χ1) is 9.95. The number of amides is 1. The number of carbonyl (C=O) groups is 1. The molecule has 110 valence electrons. The normalized spacial score (nSPS) is 12.0. The van der Waals surface area contributed by atoms with Crippen LogP contribution in [0, 0.1) is 11.6 Å². The van der Waals surface area contributed by atoms with E-state index in [1.54, 1.807) is 19.1 Å². The maximum atomic E-state index is 13.5. The van der Waals surface area contributed by atoms with Crippen molar-refractivity contribution >= 4 is 35.1 Å². The number of anilines is 1. The fourth-order valence-electron chi connectivity index (χ4n) is 1.49. The number of halogens is 3. The van der Waals surface area contributed by atoms with E-state index in [0.717, 1.165) is 23.9 Å². The molecule has 0 bridgehead atoms. The minimum Gasteiger partial charge on any atom is -0.310 e. The molecule has 0 spiro atoms. The van der Waals surface area contributed by atoms with Crippen LogP contribution in [0.2, 0.25) is 5.02 Å². The highest BCUT2D eigenvalue weighted by Gasteiger charge is 2.17. The number of nitrogens with one attached hydrogen (secondary N) is 1. The van der Waals surface area contributed by atoms with Crippen molar-refractivity contribution in [2.45, 2.75) is 17.1 Å². The smallest absolute Gasteiger partial charge is 0.238 e. The van der Waals surface area contributed by atoms with E-state index in [4.69, 9.17) is 11.6 Å². The minimum absolute atomic E-state index is 0.211. The fourth-order valence-corrected chi connectivity index (χ4v) is 2.47. The lowest BCUT2D eigenvalue weighted by Gasteiger charge is -2.12. The van der Waals surface area contributed by atoms with E-state index < -0.39 is 16.9 Å². The second-order valence-electron chi connectivity index (χ2n) is 4.19. The van der Waals surface area contributed by atoms with E-state index in [1.165, 1.54) is 12.3 Å². The maximum Gasteiger partial charge on any atom is 0.238 e. The van der Waals surface area contributed by atoms with Gasteiger partial charge in [0.2, 0.25) is 5.91 Å². The van der Waals surface area contributed by atoms with Gasteiger partial charge in [0.1, 0.15) is 17.5 Å². The zero-order valence-corrected chi connectivity index (χ0v) is 12.5. The molecule has 0 saturated carbocycles. The second-order valence-corrected chi connectivity index (χ2v) is 6.00. The van der Waals surface area contributed by atoms with Gasteiger partial charge in [0.25, 0.3) is 0 Å². The minimum atomic E-state index is -0.690. The number of rotatable bonds is 4. The first kappa shape index (κ1) is 15.7. The number of hydrogen-bond donors (Lipinski definition) is 1. The molecule has 3 nitrogen and oxygen atoms in total. The van der Waals surface area contributed by atoms with Crippen LogP contribution in [0.25, 0.3) is 0 Å². The third kappa shape index (κ3) is 4.41. The highest BCUT2D eigenvalue weighted by molar-refractivity contribution is 8.00. The highest BCUT2D eigenvalue weighted by Crippen LogP contribution is 2.27. The van der Waals surface area contributed by atoms with Crippen LogP contribution in [0.3, 0.4) is 0 Å². The van der Waals surface area contributed by atoms with Gasteiger partial charge in [0.05, 0.1) is 10.3 Å². The number of pyridine rings is 1. The van der Waals surface area contributed by atoms with Gasteiger partial charge in [-0.25, -0.2) is 13.8 Å². The molecular formula is C14H11ClF2N2OS. The number of benzene rings is 1. The fraction of sp³-hybridized carbons (Fsp3) is 0.143. The average molecular weight is 329 g/mol. The molecular weight excluding hydrogens is 318 g/mol. The molecule has 1 amide bonds. The standard InChI is InChI=1S/C14H11ClF2N2OS/c1-8(21-12-4-3-10(16)6-11(12)17)14(20)19-13-5-2-9(15)7-18-13/h2-8H,1H3,(H,18,19,20). The van der Waals surface area contributed by atoms with Gasteiger partial charge in [-0.15, -0.1) is 11.8 Å². The van der Waals surface area contributed by atoms with Gasteiger partial charge in [-0.3, -0.25) is 4.79 Å². The first-order valence-corrected chi connectivity index (χ1v) is 7.25. The van der Waals surface area contributed by atoms with Crippen molar-refractivity contribution in [2.75, 3.05) is 5.32 Å². The zero-order chi connectivity index (χ0) is 15.4. The van der Waals surface area contributed by atoms with Crippen LogP contribution >= 0.6 is 23.4 Å². The Morgan fingerprint density at radius 1 is 1.33 bits per heavy atom. The molecule has 7 heteroatoms. The van der Waals surface area contributed by atoms with E-state index in [0.29, 0.717) is 10.8 Å². The molecule has 0 aliphatic heterocycles. The van der Waals surface area contributed by atoms with Gasteiger partial charge in [0.15, 0.2) is 0 Å². The van der Waals surface area contributed by atoms with Crippen molar-refractivity contribution < 1.29 is 13.6 Å².